The molecule has 0 heterocycles. The molecule has 18 heavy (non-hydrogen) atoms. The van der Waals surface area contributed by atoms with Crippen LogP contribution >= 0.6 is 15.9 Å². The summed E-state index contributed by atoms with van der Waals surface area (Å²) in [6.45, 7) is 9.12. The van der Waals surface area contributed by atoms with E-state index in [4.69, 9.17) is 4.74 Å². The summed E-state index contributed by atoms with van der Waals surface area (Å²) in [6, 6.07) is 5.82. The zero-order valence-corrected chi connectivity index (χ0v) is 13.2. The Morgan fingerprint density at radius 2 is 1.94 bits per heavy atom. The van der Waals surface area contributed by atoms with Gasteiger partial charge < -0.3 is 9.84 Å². The van der Waals surface area contributed by atoms with E-state index in [2.05, 4.69) is 43.6 Å². The molecular formula is C15H23BrO2. The number of aliphatic hydroxyl groups is 1. The highest BCUT2D eigenvalue weighted by Crippen LogP contribution is 2.33. The van der Waals surface area contributed by atoms with Crippen LogP contribution in [-0.2, 0) is 0 Å². The summed E-state index contributed by atoms with van der Waals surface area (Å²) in [6.07, 6.45) is 0.558. The Hall–Kier alpha value is -0.540. The Labute approximate surface area is 118 Å². The van der Waals surface area contributed by atoms with Crippen molar-refractivity contribution in [2.75, 3.05) is 6.61 Å². The molecule has 0 saturated heterocycles. The second kappa shape index (κ2) is 7.15. The number of ether oxygens (including phenoxy) is 1. The number of benzene rings is 1. The number of aliphatic hydroxyl groups excluding tert-OH is 1. The molecule has 0 radical (unpaired) electrons. The molecule has 0 spiro atoms. The Morgan fingerprint density at radius 3 is 2.44 bits per heavy atom. The summed E-state index contributed by atoms with van der Waals surface area (Å²) in [4.78, 5) is 0. The topological polar surface area (TPSA) is 29.5 Å². The van der Waals surface area contributed by atoms with Gasteiger partial charge in [0.2, 0.25) is 0 Å². The first-order chi connectivity index (χ1) is 8.47. The van der Waals surface area contributed by atoms with Crippen LogP contribution in [0.1, 0.15) is 45.8 Å². The number of hydrogen-bond acceptors (Lipinski definition) is 2. The normalized spacial score (nSPS) is 14.6. The van der Waals surface area contributed by atoms with E-state index in [-0.39, 0.29) is 5.92 Å². The molecular weight excluding hydrogens is 292 g/mol. The zero-order chi connectivity index (χ0) is 13.7. The van der Waals surface area contributed by atoms with E-state index in [1.54, 1.807) is 0 Å². The molecule has 102 valence electrons. The lowest BCUT2D eigenvalue weighted by molar-refractivity contribution is 0.0920. The third kappa shape index (κ3) is 3.99. The second-order valence-corrected chi connectivity index (χ2v) is 5.94. The molecule has 0 aromatic heterocycles. The fourth-order valence-corrected chi connectivity index (χ4v) is 2.21. The van der Waals surface area contributed by atoms with Crippen molar-refractivity contribution >= 4 is 15.9 Å². The van der Waals surface area contributed by atoms with Crippen LogP contribution in [0, 0.1) is 11.8 Å². The SMILES string of the molecule is CCCOc1ccc(C(O)C(C)C(C)C)cc1Br. The summed E-state index contributed by atoms with van der Waals surface area (Å²) < 4.78 is 6.51. The minimum Gasteiger partial charge on any atom is -0.492 e. The highest BCUT2D eigenvalue weighted by molar-refractivity contribution is 9.10. The maximum absolute atomic E-state index is 10.3. The average Bonchev–Trinajstić information content (AvgIpc) is 2.35. The van der Waals surface area contributed by atoms with Crippen molar-refractivity contribution in [3.63, 3.8) is 0 Å². The van der Waals surface area contributed by atoms with Gasteiger partial charge in [-0.05, 0) is 51.9 Å². The van der Waals surface area contributed by atoms with Crippen molar-refractivity contribution in [3.05, 3.63) is 28.2 Å². The van der Waals surface area contributed by atoms with Gasteiger partial charge in [-0.15, -0.1) is 0 Å². The van der Waals surface area contributed by atoms with E-state index in [1.807, 2.05) is 18.2 Å². The van der Waals surface area contributed by atoms with Gasteiger partial charge in [0, 0.05) is 0 Å². The first-order valence-corrected chi connectivity index (χ1v) is 7.37. The fraction of sp³-hybridized carbons (Fsp3) is 0.600. The van der Waals surface area contributed by atoms with Crippen molar-refractivity contribution in [1.29, 1.82) is 0 Å². The molecule has 2 nitrogen and oxygen atoms in total. The van der Waals surface area contributed by atoms with E-state index in [0.29, 0.717) is 12.5 Å². The maximum atomic E-state index is 10.3. The standard InChI is InChI=1S/C15H23BrO2/c1-5-8-18-14-7-6-12(9-13(14)16)15(17)11(4)10(2)3/h6-7,9-11,15,17H,5,8H2,1-4H3. The van der Waals surface area contributed by atoms with Gasteiger partial charge in [-0.25, -0.2) is 0 Å². The van der Waals surface area contributed by atoms with Gasteiger partial charge in [0.1, 0.15) is 5.75 Å². The minimum atomic E-state index is -0.429. The van der Waals surface area contributed by atoms with Crippen LogP contribution in [-0.4, -0.2) is 11.7 Å². The third-order valence-electron chi connectivity index (χ3n) is 3.31. The fourth-order valence-electron chi connectivity index (χ4n) is 1.70. The Morgan fingerprint density at radius 1 is 1.28 bits per heavy atom. The Kier molecular flexibility index (Phi) is 6.16. The van der Waals surface area contributed by atoms with Crippen LogP contribution in [0.4, 0.5) is 0 Å². The maximum Gasteiger partial charge on any atom is 0.133 e. The van der Waals surface area contributed by atoms with Crippen molar-refractivity contribution in [2.45, 2.75) is 40.2 Å². The first-order valence-electron chi connectivity index (χ1n) is 6.57. The molecule has 0 aliphatic carbocycles. The van der Waals surface area contributed by atoms with Crippen LogP contribution in [0.5, 0.6) is 5.75 Å². The molecule has 2 unspecified atom stereocenters. The van der Waals surface area contributed by atoms with Crippen LogP contribution in [0.2, 0.25) is 0 Å². The number of halogens is 1. The largest absolute Gasteiger partial charge is 0.492 e. The quantitative estimate of drug-likeness (QED) is 0.833. The highest BCUT2D eigenvalue weighted by Gasteiger charge is 2.20. The lowest BCUT2D eigenvalue weighted by Gasteiger charge is -2.23. The molecule has 0 amide bonds. The first kappa shape index (κ1) is 15.5. The van der Waals surface area contributed by atoms with Gasteiger partial charge in [0.05, 0.1) is 17.2 Å². The Balaban J connectivity index is 2.83. The molecule has 1 rings (SSSR count). The van der Waals surface area contributed by atoms with Crippen LogP contribution in [0.15, 0.2) is 22.7 Å². The van der Waals surface area contributed by atoms with Gasteiger partial charge in [0.15, 0.2) is 0 Å². The summed E-state index contributed by atoms with van der Waals surface area (Å²) >= 11 is 3.50. The van der Waals surface area contributed by atoms with Crippen LogP contribution < -0.4 is 4.74 Å². The number of hydrogen-bond donors (Lipinski definition) is 1. The van der Waals surface area contributed by atoms with Gasteiger partial charge in [-0.3, -0.25) is 0 Å². The molecule has 0 aliphatic rings. The van der Waals surface area contributed by atoms with Crippen molar-refractivity contribution in [2.24, 2.45) is 11.8 Å². The molecule has 1 aromatic carbocycles. The van der Waals surface area contributed by atoms with E-state index in [0.717, 1.165) is 22.2 Å². The average molecular weight is 315 g/mol. The van der Waals surface area contributed by atoms with Crippen molar-refractivity contribution in [3.8, 4) is 5.75 Å². The van der Waals surface area contributed by atoms with E-state index >= 15 is 0 Å². The third-order valence-corrected chi connectivity index (χ3v) is 3.93. The zero-order valence-electron chi connectivity index (χ0n) is 11.6. The Bertz CT molecular complexity index is 377. The minimum absolute atomic E-state index is 0.235. The lowest BCUT2D eigenvalue weighted by atomic mass is 9.88. The monoisotopic (exact) mass is 314 g/mol. The smallest absolute Gasteiger partial charge is 0.133 e. The van der Waals surface area contributed by atoms with Crippen molar-refractivity contribution < 1.29 is 9.84 Å². The van der Waals surface area contributed by atoms with Gasteiger partial charge in [0.25, 0.3) is 0 Å². The number of rotatable bonds is 6. The molecule has 0 bridgehead atoms. The summed E-state index contributed by atoms with van der Waals surface area (Å²) in [5.74, 6) is 1.53. The highest BCUT2D eigenvalue weighted by atomic mass is 79.9. The summed E-state index contributed by atoms with van der Waals surface area (Å²) in [5.41, 5.74) is 0.937. The molecule has 0 aliphatic heterocycles. The molecule has 0 fully saturated rings. The summed E-state index contributed by atoms with van der Waals surface area (Å²) in [5, 5.41) is 10.3. The van der Waals surface area contributed by atoms with E-state index in [1.165, 1.54) is 0 Å². The van der Waals surface area contributed by atoms with E-state index < -0.39 is 6.10 Å². The predicted octanol–water partition coefficient (Wildman–Crippen LogP) is 4.56. The molecule has 2 atom stereocenters. The van der Waals surface area contributed by atoms with Crippen LogP contribution in [0.3, 0.4) is 0 Å². The molecule has 1 aromatic rings. The van der Waals surface area contributed by atoms with Gasteiger partial charge in [-0.2, -0.15) is 0 Å². The van der Waals surface area contributed by atoms with Gasteiger partial charge in [-0.1, -0.05) is 33.8 Å². The molecule has 0 saturated carbocycles. The van der Waals surface area contributed by atoms with Gasteiger partial charge >= 0.3 is 0 Å². The molecule has 1 N–H and O–H groups in total. The van der Waals surface area contributed by atoms with Crippen LogP contribution in [0.25, 0.3) is 0 Å². The summed E-state index contributed by atoms with van der Waals surface area (Å²) in [7, 11) is 0. The lowest BCUT2D eigenvalue weighted by Crippen LogP contribution is -2.15. The van der Waals surface area contributed by atoms with Crippen molar-refractivity contribution in [1.82, 2.24) is 0 Å². The predicted molar refractivity (Wildman–Crippen MR) is 78.9 cm³/mol. The second-order valence-electron chi connectivity index (χ2n) is 5.09. The van der Waals surface area contributed by atoms with E-state index in [9.17, 15) is 5.11 Å². The molecule has 3 heteroatoms.